The summed E-state index contributed by atoms with van der Waals surface area (Å²) in [6, 6.07) is 11.4. The zero-order valence-electron chi connectivity index (χ0n) is 13.5. The van der Waals surface area contributed by atoms with Gasteiger partial charge in [-0.25, -0.2) is 4.79 Å². The van der Waals surface area contributed by atoms with E-state index in [2.05, 4.69) is 9.97 Å². The van der Waals surface area contributed by atoms with Gasteiger partial charge in [-0.05, 0) is 36.4 Å². The molecule has 2 N–H and O–H groups in total. The third-order valence-corrected chi connectivity index (χ3v) is 4.37. The molecule has 0 amide bonds. The monoisotopic (exact) mass is 369 g/mol. The third-order valence-electron chi connectivity index (χ3n) is 4.12. The normalized spacial score (nSPS) is 11.2. The molecule has 0 fully saturated rings. The molecule has 0 atom stereocenters. The van der Waals surface area contributed by atoms with E-state index in [1.807, 2.05) is 0 Å². The maximum atomic E-state index is 12.3. The van der Waals surface area contributed by atoms with E-state index in [9.17, 15) is 14.4 Å². The Morgan fingerprint density at radius 1 is 1.00 bits per heavy atom. The van der Waals surface area contributed by atoms with Crippen LogP contribution < -0.4 is 21.4 Å². The Kier molecular flexibility index (Phi) is 3.66. The fraction of sp³-hybridized carbons (Fsp3) is 0.0556. The first-order chi connectivity index (χ1) is 12.5. The molecule has 1 aliphatic heterocycles. The van der Waals surface area contributed by atoms with Crippen LogP contribution in [0.2, 0.25) is 5.02 Å². The van der Waals surface area contributed by atoms with Crippen molar-refractivity contribution in [3.63, 3.8) is 0 Å². The maximum absolute atomic E-state index is 12.3. The van der Waals surface area contributed by atoms with E-state index in [1.165, 1.54) is 13.2 Å². The molecule has 2 aliphatic rings. The second-order valence-electron chi connectivity index (χ2n) is 5.69. The molecular formula is C18H12ClN3O4. The van der Waals surface area contributed by atoms with Gasteiger partial charge in [0.2, 0.25) is 5.43 Å². The number of nitrogens with zero attached hydrogens (tertiary/aromatic N) is 1. The van der Waals surface area contributed by atoms with Gasteiger partial charge in [-0.15, -0.1) is 0 Å². The number of rotatable bonds is 2. The molecule has 0 saturated heterocycles. The van der Waals surface area contributed by atoms with Crippen molar-refractivity contribution in [2.75, 3.05) is 7.11 Å². The molecule has 0 unspecified atom stereocenters. The summed E-state index contributed by atoms with van der Waals surface area (Å²) in [6.45, 7) is 0. The summed E-state index contributed by atoms with van der Waals surface area (Å²) >= 11 is 5.96. The van der Waals surface area contributed by atoms with Crippen LogP contribution in [-0.2, 0) is 0 Å². The molecule has 0 radical (unpaired) electrons. The average Bonchev–Trinajstić information content (AvgIpc) is 2.61. The molecular weight excluding hydrogens is 358 g/mol. The number of fused-ring (bicyclic) bond motifs is 2. The van der Waals surface area contributed by atoms with Gasteiger partial charge in [0.15, 0.2) is 5.75 Å². The van der Waals surface area contributed by atoms with E-state index < -0.39 is 11.2 Å². The Labute approximate surface area is 150 Å². The molecule has 2 heterocycles. The van der Waals surface area contributed by atoms with Gasteiger partial charge in [0.05, 0.1) is 18.2 Å². The minimum atomic E-state index is -0.638. The van der Waals surface area contributed by atoms with Crippen molar-refractivity contribution in [2.24, 2.45) is 0 Å². The van der Waals surface area contributed by atoms with Gasteiger partial charge in [0.25, 0.3) is 5.56 Å². The minimum Gasteiger partial charge on any atom is -0.493 e. The first-order valence-electron chi connectivity index (χ1n) is 7.64. The number of hydrogen-bond acceptors (Lipinski definition) is 4. The fourth-order valence-electron chi connectivity index (χ4n) is 2.96. The molecule has 130 valence electrons. The Hall–Kier alpha value is -3.32. The van der Waals surface area contributed by atoms with Crippen LogP contribution in [-0.4, -0.2) is 21.6 Å². The molecule has 2 aromatic rings. The average molecular weight is 370 g/mol. The molecule has 7 nitrogen and oxygen atoms in total. The second-order valence-corrected chi connectivity index (χ2v) is 6.13. The van der Waals surface area contributed by atoms with Crippen molar-refractivity contribution in [2.45, 2.75) is 0 Å². The highest BCUT2D eigenvalue weighted by Gasteiger charge is 2.18. The number of H-pyrrole nitrogens is 2. The van der Waals surface area contributed by atoms with Crippen LogP contribution in [0.1, 0.15) is 0 Å². The van der Waals surface area contributed by atoms with Gasteiger partial charge in [-0.3, -0.25) is 24.1 Å². The predicted octanol–water partition coefficient (Wildman–Crippen LogP) is 2.13. The lowest BCUT2D eigenvalue weighted by Gasteiger charge is -2.19. The van der Waals surface area contributed by atoms with E-state index in [0.29, 0.717) is 22.0 Å². The molecule has 1 aliphatic carbocycles. The molecule has 1 aromatic carbocycles. The summed E-state index contributed by atoms with van der Waals surface area (Å²) in [7, 11) is 1.40. The predicted molar refractivity (Wildman–Crippen MR) is 99.0 cm³/mol. The largest absolute Gasteiger partial charge is 0.493 e. The topological polar surface area (TPSA) is 96.9 Å². The van der Waals surface area contributed by atoms with E-state index in [1.54, 1.807) is 41.0 Å². The number of benzene rings is 2. The zero-order valence-corrected chi connectivity index (χ0v) is 14.3. The van der Waals surface area contributed by atoms with E-state index in [0.717, 1.165) is 0 Å². The van der Waals surface area contributed by atoms with Gasteiger partial charge in [0, 0.05) is 22.3 Å². The summed E-state index contributed by atoms with van der Waals surface area (Å²) in [4.78, 5) is 41.2. The van der Waals surface area contributed by atoms with Gasteiger partial charge in [-0.1, -0.05) is 11.6 Å². The lowest BCUT2D eigenvalue weighted by atomic mass is 10.1. The number of methoxy groups -OCH3 is 1. The molecule has 0 bridgehead atoms. The van der Waals surface area contributed by atoms with Crippen LogP contribution in [0.4, 0.5) is 0 Å². The summed E-state index contributed by atoms with van der Waals surface area (Å²) < 4.78 is 6.73. The minimum absolute atomic E-state index is 0.167. The van der Waals surface area contributed by atoms with Gasteiger partial charge < -0.3 is 4.74 Å². The standard InChI is InChI=1S/C18H12ClN3O4/c1-26-15-7-9-6-12-16(20-18(25)21-17(12)24)22(13(9)8-14(15)23)11-4-2-10(19)3-5-11/h2-8H,1H3,(H2,20,21,24,25). The Balaban J connectivity index is 2.26. The van der Waals surface area contributed by atoms with Crippen molar-refractivity contribution in [3.05, 3.63) is 78.5 Å². The number of ether oxygens (including phenoxy) is 1. The maximum Gasteiger partial charge on any atom is 0.327 e. The van der Waals surface area contributed by atoms with Gasteiger partial charge >= 0.3 is 5.69 Å². The van der Waals surface area contributed by atoms with Crippen molar-refractivity contribution in [1.29, 1.82) is 0 Å². The summed E-state index contributed by atoms with van der Waals surface area (Å²) in [5.41, 5.74) is 0.565. The van der Waals surface area contributed by atoms with Crippen molar-refractivity contribution in [1.82, 2.24) is 14.5 Å². The van der Waals surface area contributed by atoms with Crippen molar-refractivity contribution in [3.8, 4) is 22.7 Å². The van der Waals surface area contributed by atoms with Crippen molar-refractivity contribution >= 4 is 22.6 Å². The number of pyridine rings is 1. The Bertz CT molecular complexity index is 1290. The van der Waals surface area contributed by atoms with E-state index in [4.69, 9.17) is 16.3 Å². The lowest BCUT2D eigenvalue weighted by Crippen LogP contribution is -2.25. The molecule has 8 heteroatoms. The molecule has 1 aromatic heterocycles. The van der Waals surface area contributed by atoms with Crippen LogP contribution in [0, 0.1) is 0 Å². The van der Waals surface area contributed by atoms with Gasteiger partial charge in [0.1, 0.15) is 5.65 Å². The molecule has 0 spiro atoms. The first-order valence-corrected chi connectivity index (χ1v) is 8.02. The second kappa shape index (κ2) is 5.89. The summed E-state index contributed by atoms with van der Waals surface area (Å²) in [5.74, 6) is 0.167. The van der Waals surface area contributed by atoms with Crippen LogP contribution in [0.3, 0.4) is 0 Å². The SMILES string of the molecule is COc1cc2cc3c(=O)[nH]c(=O)[nH]c3n(-c3ccc(Cl)cc3)c-2cc1=O. The molecule has 26 heavy (non-hydrogen) atoms. The fourth-order valence-corrected chi connectivity index (χ4v) is 3.09. The van der Waals surface area contributed by atoms with Crippen LogP contribution >= 0.6 is 11.6 Å². The Morgan fingerprint density at radius 2 is 1.73 bits per heavy atom. The summed E-state index contributed by atoms with van der Waals surface area (Å²) in [6.07, 6.45) is 0. The van der Waals surface area contributed by atoms with Crippen LogP contribution in [0.5, 0.6) is 5.75 Å². The zero-order chi connectivity index (χ0) is 18.4. The number of nitrogens with one attached hydrogen (secondary N) is 2. The number of hydrogen-bond donors (Lipinski definition) is 2. The smallest absolute Gasteiger partial charge is 0.327 e. The first kappa shape index (κ1) is 16.2. The lowest BCUT2D eigenvalue weighted by molar-refractivity contribution is 0.411. The van der Waals surface area contributed by atoms with E-state index in [-0.39, 0.29) is 22.2 Å². The molecule has 0 saturated carbocycles. The summed E-state index contributed by atoms with van der Waals surface area (Å²) in [5, 5.41) is 0.809. The number of aromatic nitrogens is 3. The van der Waals surface area contributed by atoms with Crippen LogP contribution in [0.25, 0.3) is 28.0 Å². The highest BCUT2D eigenvalue weighted by Crippen LogP contribution is 2.30. The van der Waals surface area contributed by atoms with Gasteiger partial charge in [-0.2, -0.15) is 0 Å². The third kappa shape index (κ3) is 2.49. The number of halogens is 1. The molecule has 4 rings (SSSR count). The Morgan fingerprint density at radius 3 is 2.42 bits per heavy atom. The highest BCUT2D eigenvalue weighted by atomic mass is 35.5. The highest BCUT2D eigenvalue weighted by molar-refractivity contribution is 6.30. The van der Waals surface area contributed by atoms with Crippen molar-refractivity contribution < 1.29 is 4.74 Å². The van der Waals surface area contributed by atoms with E-state index >= 15 is 0 Å². The quantitative estimate of drug-likeness (QED) is 0.529. The number of aromatic amines is 2. The van der Waals surface area contributed by atoms with Crippen LogP contribution in [0.15, 0.2) is 56.8 Å².